The number of nitrogens with zero attached hydrogens (tertiary/aromatic N) is 1. The van der Waals surface area contributed by atoms with Crippen molar-refractivity contribution >= 4 is 53.9 Å². The fourth-order valence-corrected chi connectivity index (χ4v) is 2.86. The van der Waals surface area contributed by atoms with E-state index >= 15 is 0 Å². The van der Waals surface area contributed by atoms with Gasteiger partial charge in [0.1, 0.15) is 0 Å². The van der Waals surface area contributed by atoms with Crippen molar-refractivity contribution in [2.45, 2.75) is 6.54 Å². The van der Waals surface area contributed by atoms with E-state index in [1.54, 1.807) is 11.4 Å². The predicted molar refractivity (Wildman–Crippen MR) is 80.1 cm³/mol. The number of benzene rings is 1. The van der Waals surface area contributed by atoms with E-state index in [9.17, 15) is 10.1 Å². The van der Waals surface area contributed by atoms with Crippen molar-refractivity contribution in [3.63, 3.8) is 0 Å². The molecule has 4 nitrogen and oxygen atoms in total. The highest BCUT2D eigenvalue weighted by molar-refractivity contribution is 9.11. The fraction of sp³-hybridized carbons (Fsp3) is 0.0909. The molecule has 7 heteroatoms. The Labute approximate surface area is 124 Å². The first-order valence-corrected chi connectivity index (χ1v) is 7.43. The van der Waals surface area contributed by atoms with Gasteiger partial charge in [0.05, 0.1) is 4.92 Å². The van der Waals surface area contributed by atoms with Gasteiger partial charge in [-0.1, -0.05) is 27.3 Å². The molecule has 0 aliphatic rings. The van der Waals surface area contributed by atoms with Gasteiger partial charge in [-0.3, -0.25) is 10.1 Å². The molecule has 2 rings (SSSR count). The summed E-state index contributed by atoms with van der Waals surface area (Å²) in [5.41, 5.74) is 1.84. The molecule has 94 valence electrons. The zero-order chi connectivity index (χ0) is 13.1. The second-order valence-electron chi connectivity index (χ2n) is 3.53. The van der Waals surface area contributed by atoms with Gasteiger partial charge >= 0.3 is 5.00 Å². The molecule has 0 unspecified atom stereocenters. The summed E-state index contributed by atoms with van der Waals surface area (Å²) in [4.78, 5) is 10.2. The minimum Gasteiger partial charge on any atom is -0.380 e. The topological polar surface area (TPSA) is 55.2 Å². The van der Waals surface area contributed by atoms with Crippen molar-refractivity contribution in [1.29, 1.82) is 0 Å². The van der Waals surface area contributed by atoms with E-state index in [0.29, 0.717) is 6.54 Å². The van der Waals surface area contributed by atoms with Crippen LogP contribution in [0.25, 0.3) is 0 Å². The Morgan fingerprint density at radius 2 is 2.11 bits per heavy atom. The summed E-state index contributed by atoms with van der Waals surface area (Å²) in [5.74, 6) is 0. The van der Waals surface area contributed by atoms with Crippen LogP contribution in [0.4, 0.5) is 10.7 Å². The van der Waals surface area contributed by atoms with Gasteiger partial charge in [0.2, 0.25) is 0 Å². The Balaban J connectivity index is 2.06. The van der Waals surface area contributed by atoms with Crippen LogP contribution in [0.3, 0.4) is 0 Å². The summed E-state index contributed by atoms with van der Waals surface area (Å²) in [6.07, 6.45) is 0. The molecule has 18 heavy (non-hydrogen) atoms. The molecule has 1 N–H and O–H groups in total. The summed E-state index contributed by atoms with van der Waals surface area (Å²) in [6, 6.07) is 7.40. The van der Waals surface area contributed by atoms with Gasteiger partial charge in [-0.15, -0.1) is 0 Å². The predicted octanol–water partition coefficient (Wildman–Crippen LogP) is 4.79. The van der Waals surface area contributed by atoms with Crippen molar-refractivity contribution in [2.24, 2.45) is 0 Å². The Bertz CT molecular complexity index is 586. The molecular formula is C11H8Br2N2O2S. The van der Waals surface area contributed by atoms with Crippen LogP contribution in [0.2, 0.25) is 0 Å². The standard InChI is InChI=1S/C11H8Br2N2O2S/c12-8-1-2-9(13)10(4-8)14-5-7-3-11(15(16)17)18-6-7/h1-4,6,14H,5H2. The van der Waals surface area contributed by atoms with Crippen LogP contribution in [-0.4, -0.2) is 4.92 Å². The summed E-state index contributed by atoms with van der Waals surface area (Å²) in [6.45, 7) is 0.555. The maximum atomic E-state index is 10.6. The molecule has 1 aromatic carbocycles. The molecule has 0 aliphatic heterocycles. The SMILES string of the molecule is O=[N+]([O-])c1cc(CNc2cc(Br)ccc2Br)cs1. The highest BCUT2D eigenvalue weighted by atomic mass is 79.9. The Morgan fingerprint density at radius 3 is 2.78 bits per heavy atom. The zero-order valence-electron chi connectivity index (χ0n) is 9.02. The molecule has 0 spiro atoms. The average Bonchev–Trinajstić information content (AvgIpc) is 2.79. The minimum absolute atomic E-state index is 0.167. The Morgan fingerprint density at radius 1 is 1.33 bits per heavy atom. The van der Waals surface area contributed by atoms with Gasteiger partial charge in [0.25, 0.3) is 0 Å². The lowest BCUT2D eigenvalue weighted by Crippen LogP contribution is -1.98. The Kier molecular flexibility index (Phi) is 4.36. The van der Waals surface area contributed by atoms with Gasteiger partial charge in [-0.05, 0) is 39.7 Å². The van der Waals surface area contributed by atoms with Crippen LogP contribution in [0, 0.1) is 10.1 Å². The third-order valence-electron chi connectivity index (χ3n) is 2.23. The average molecular weight is 392 g/mol. The smallest absolute Gasteiger partial charge is 0.324 e. The molecular weight excluding hydrogens is 384 g/mol. The third kappa shape index (κ3) is 3.30. The normalized spacial score (nSPS) is 10.3. The zero-order valence-corrected chi connectivity index (χ0v) is 13.0. The monoisotopic (exact) mass is 390 g/mol. The molecule has 0 saturated carbocycles. The molecule has 0 bridgehead atoms. The number of nitrogens with one attached hydrogen (secondary N) is 1. The summed E-state index contributed by atoms with van der Waals surface area (Å²) < 4.78 is 1.93. The molecule has 0 atom stereocenters. The lowest BCUT2D eigenvalue weighted by molar-refractivity contribution is -0.380. The maximum Gasteiger partial charge on any atom is 0.324 e. The number of nitro groups is 1. The van der Waals surface area contributed by atoms with Gasteiger partial charge < -0.3 is 5.32 Å². The van der Waals surface area contributed by atoms with E-state index in [1.807, 2.05) is 18.2 Å². The maximum absolute atomic E-state index is 10.6. The third-order valence-corrected chi connectivity index (χ3v) is 4.34. The first kappa shape index (κ1) is 13.5. The molecule has 0 aliphatic carbocycles. The van der Waals surface area contributed by atoms with Crippen LogP contribution >= 0.6 is 43.2 Å². The second-order valence-corrected chi connectivity index (χ2v) is 6.19. The van der Waals surface area contributed by atoms with Crippen molar-refractivity contribution < 1.29 is 4.92 Å². The summed E-state index contributed by atoms with van der Waals surface area (Å²) in [7, 11) is 0. The van der Waals surface area contributed by atoms with Gasteiger partial charge in [-0.25, -0.2) is 0 Å². The quantitative estimate of drug-likeness (QED) is 0.601. The highest BCUT2D eigenvalue weighted by Gasteiger charge is 2.09. The van der Waals surface area contributed by atoms with E-state index in [0.717, 1.165) is 31.5 Å². The largest absolute Gasteiger partial charge is 0.380 e. The van der Waals surface area contributed by atoms with E-state index in [2.05, 4.69) is 37.2 Å². The van der Waals surface area contributed by atoms with Gasteiger partial charge in [-0.2, -0.15) is 0 Å². The number of thiophene rings is 1. The van der Waals surface area contributed by atoms with Crippen LogP contribution < -0.4 is 5.32 Å². The molecule has 0 amide bonds. The van der Waals surface area contributed by atoms with Crippen molar-refractivity contribution in [3.05, 3.63) is 54.3 Å². The molecule has 0 saturated heterocycles. The van der Waals surface area contributed by atoms with E-state index in [4.69, 9.17) is 0 Å². The molecule has 1 heterocycles. The molecule has 1 aromatic heterocycles. The van der Waals surface area contributed by atoms with Crippen LogP contribution in [0.1, 0.15) is 5.56 Å². The summed E-state index contributed by atoms with van der Waals surface area (Å²) >= 11 is 7.98. The van der Waals surface area contributed by atoms with Gasteiger partial charge in [0, 0.05) is 32.6 Å². The van der Waals surface area contributed by atoms with Crippen molar-refractivity contribution in [2.75, 3.05) is 5.32 Å². The fourth-order valence-electron chi connectivity index (χ4n) is 1.38. The number of hydrogen-bond donors (Lipinski definition) is 1. The van der Waals surface area contributed by atoms with Crippen molar-refractivity contribution in [3.8, 4) is 0 Å². The first-order chi connectivity index (χ1) is 8.56. The van der Waals surface area contributed by atoms with Crippen LogP contribution in [0.5, 0.6) is 0 Å². The lowest BCUT2D eigenvalue weighted by Gasteiger charge is -2.07. The van der Waals surface area contributed by atoms with Crippen molar-refractivity contribution in [1.82, 2.24) is 0 Å². The van der Waals surface area contributed by atoms with Gasteiger partial charge in [0.15, 0.2) is 0 Å². The number of hydrogen-bond acceptors (Lipinski definition) is 4. The molecule has 0 fully saturated rings. The second kappa shape index (κ2) is 5.81. The Hall–Kier alpha value is -0.920. The number of halogens is 2. The highest BCUT2D eigenvalue weighted by Crippen LogP contribution is 2.28. The molecule has 2 aromatic rings. The minimum atomic E-state index is -0.372. The molecule has 0 radical (unpaired) electrons. The van der Waals surface area contributed by atoms with E-state index in [-0.39, 0.29) is 9.92 Å². The van der Waals surface area contributed by atoms with Crippen LogP contribution in [-0.2, 0) is 6.54 Å². The number of rotatable bonds is 4. The summed E-state index contributed by atoms with van der Waals surface area (Å²) in [5, 5.41) is 15.8. The lowest BCUT2D eigenvalue weighted by atomic mass is 10.3. The number of anilines is 1. The van der Waals surface area contributed by atoms with E-state index in [1.165, 1.54) is 0 Å². The van der Waals surface area contributed by atoms with E-state index < -0.39 is 0 Å². The first-order valence-electron chi connectivity index (χ1n) is 4.97. The van der Waals surface area contributed by atoms with Crippen LogP contribution in [0.15, 0.2) is 38.6 Å².